The molecule has 0 aromatic heterocycles. The van der Waals surface area contributed by atoms with Crippen LogP contribution in [0.4, 0.5) is 0 Å². The van der Waals surface area contributed by atoms with Crippen LogP contribution in [0.15, 0.2) is 24.8 Å². The number of allylic oxidation sites excluding steroid dienone is 1. The van der Waals surface area contributed by atoms with Gasteiger partial charge in [-0.25, -0.2) is 0 Å². The van der Waals surface area contributed by atoms with Crippen molar-refractivity contribution in [1.29, 1.82) is 0 Å². The number of hydrogen-bond acceptors (Lipinski definition) is 4. The van der Waals surface area contributed by atoms with Crippen LogP contribution in [0.2, 0.25) is 0 Å². The molecule has 0 radical (unpaired) electrons. The summed E-state index contributed by atoms with van der Waals surface area (Å²) in [6, 6.07) is 0. The Morgan fingerprint density at radius 1 is 1.40 bits per heavy atom. The van der Waals surface area contributed by atoms with Gasteiger partial charge in [0.25, 0.3) is 0 Å². The maximum atomic E-state index is 10.3. The van der Waals surface area contributed by atoms with Crippen molar-refractivity contribution in [1.82, 2.24) is 0 Å². The molecule has 0 aromatic carbocycles. The lowest BCUT2D eigenvalue weighted by Crippen LogP contribution is -2.53. The smallest absolute Gasteiger partial charge is 0.163 e. The maximum Gasteiger partial charge on any atom is 0.163 e. The summed E-state index contributed by atoms with van der Waals surface area (Å²) in [7, 11) is 0. The largest absolute Gasteiger partial charge is 0.390 e. The zero-order valence-electron chi connectivity index (χ0n) is 12.7. The molecule has 0 aliphatic carbocycles. The second kappa shape index (κ2) is 5.98. The molecule has 4 nitrogen and oxygen atoms in total. The molecular weight excluding hydrogens is 256 g/mol. The molecule has 2 saturated heterocycles. The van der Waals surface area contributed by atoms with Gasteiger partial charge >= 0.3 is 0 Å². The number of ether oxygens (including phenoxy) is 3. The lowest BCUT2D eigenvalue weighted by atomic mass is 9.85. The summed E-state index contributed by atoms with van der Waals surface area (Å²) >= 11 is 0. The van der Waals surface area contributed by atoms with E-state index in [9.17, 15) is 5.11 Å². The molecule has 2 heterocycles. The van der Waals surface area contributed by atoms with Gasteiger partial charge in [-0.3, -0.25) is 0 Å². The van der Waals surface area contributed by atoms with Gasteiger partial charge in [0.15, 0.2) is 5.79 Å². The van der Waals surface area contributed by atoms with Crippen molar-refractivity contribution >= 4 is 0 Å². The van der Waals surface area contributed by atoms with Crippen LogP contribution < -0.4 is 0 Å². The third-order valence-electron chi connectivity index (χ3n) is 4.03. The van der Waals surface area contributed by atoms with Crippen LogP contribution in [-0.4, -0.2) is 41.9 Å². The van der Waals surface area contributed by atoms with E-state index < -0.39 is 11.9 Å². The van der Waals surface area contributed by atoms with E-state index in [0.29, 0.717) is 13.0 Å². The number of aliphatic hydroxyl groups excluding tert-OH is 1. The Hall–Kier alpha value is -0.680. The Balaban J connectivity index is 2.14. The van der Waals surface area contributed by atoms with E-state index in [1.807, 2.05) is 20.8 Å². The number of aliphatic hydroxyl groups is 1. The molecule has 0 spiro atoms. The lowest BCUT2D eigenvalue weighted by molar-refractivity contribution is -0.169. The summed E-state index contributed by atoms with van der Waals surface area (Å²) in [4.78, 5) is 0. The predicted molar refractivity (Wildman–Crippen MR) is 77.3 cm³/mol. The van der Waals surface area contributed by atoms with Gasteiger partial charge in [-0.1, -0.05) is 18.2 Å². The summed E-state index contributed by atoms with van der Waals surface area (Å²) in [5, 5.41) is 10.3. The zero-order valence-corrected chi connectivity index (χ0v) is 12.7. The van der Waals surface area contributed by atoms with Gasteiger partial charge in [0, 0.05) is 5.92 Å². The Kier molecular flexibility index (Phi) is 4.69. The van der Waals surface area contributed by atoms with Crippen LogP contribution in [0.3, 0.4) is 0 Å². The SMILES string of the molecule is C=CCC[C@@H](O)[C@H]1OC[C@@H](C(=C)C)[C@@H]2OC(C)(C)O[C@@H]21. The number of hydrogen-bond donors (Lipinski definition) is 1. The second-order valence-corrected chi connectivity index (χ2v) is 6.25. The highest BCUT2D eigenvalue weighted by molar-refractivity contribution is 5.08. The summed E-state index contributed by atoms with van der Waals surface area (Å²) in [5.41, 5.74) is 1.03. The fraction of sp³-hybridized carbons (Fsp3) is 0.750. The van der Waals surface area contributed by atoms with Crippen LogP contribution in [0, 0.1) is 5.92 Å². The van der Waals surface area contributed by atoms with Gasteiger partial charge in [0.2, 0.25) is 0 Å². The molecule has 2 aliphatic rings. The normalized spacial score (nSPS) is 37.2. The van der Waals surface area contributed by atoms with Gasteiger partial charge in [-0.05, 0) is 33.6 Å². The molecule has 20 heavy (non-hydrogen) atoms. The average molecular weight is 282 g/mol. The molecule has 0 bridgehead atoms. The van der Waals surface area contributed by atoms with Gasteiger partial charge in [0.05, 0.1) is 18.8 Å². The monoisotopic (exact) mass is 282 g/mol. The molecule has 0 amide bonds. The maximum absolute atomic E-state index is 10.3. The third-order valence-corrected chi connectivity index (χ3v) is 4.03. The first-order chi connectivity index (χ1) is 9.35. The van der Waals surface area contributed by atoms with Crippen molar-refractivity contribution in [3.63, 3.8) is 0 Å². The zero-order chi connectivity index (χ0) is 14.9. The third kappa shape index (κ3) is 3.14. The molecule has 1 N–H and O–H groups in total. The molecule has 0 unspecified atom stereocenters. The molecule has 2 fully saturated rings. The summed E-state index contributed by atoms with van der Waals surface area (Å²) in [6.07, 6.45) is 1.92. The molecule has 0 aromatic rings. The van der Waals surface area contributed by atoms with Gasteiger partial charge in [0.1, 0.15) is 12.2 Å². The van der Waals surface area contributed by atoms with Crippen molar-refractivity contribution in [3.8, 4) is 0 Å². The fourth-order valence-electron chi connectivity index (χ4n) is 2.99. The van der Waals surface area contributed by atoms with Crippen LogP contribution in [0.1, 0.15) is 33.6 Å². The van der Waals surface area contributed by atoms with Crippen LogP contribution in [0.5, 0.6) is 0 Å². The van der Waals surface area contributed by atoms with E-state index in [1.54, 1.807) is 6.08 Å². The minimum absolute atomic E-state index is 0.0976. The Labute approximate surface area is 121 Å². The van der Waals surface area contributed by atoms with E-state index in [0.717, 1.165) is 12.0 Å². The van der Waals surface area contributed by atoms with Gasteiger partial charge in [-0.15, -0.1) is 6.58 Å². The highest BCUT2D eigenvalue weighted by atomic mass is 16.8. The highest BCUT2D eigenvalue weighted by Crippen LogP contribution is 2.41. The summed E-state index contributed by atoms with van der Waals surface area (Å²) in [6.45, 7) is 14.0. The Morgan fingerprint density at radius 3 is 2.65 bits per heavy atom. The molecule has 5 atom stereocenters. The second-order valence-electron chi connectivity index (χ2n) is 6.25. The first-order valence-electron chi connectivity index (χ1n) is 7.27. The first-order valence-corrected chi connectivity index (χ1v) is 7.27. The van der Waals surface area contributed by atoms with Crippen LogP contribution in [0.25, 0.3) is 0 Å². The predicted octanol–water partition coefficient (Wildman–Crippen LogP) is 2.42. The van der Waals surface area contributed by atoms with E-state index in [4.69, 9.17) is 14.2 Å². The van der Waals surface area contributed by atoms with E-state index in [1.165, 1.54) is 0 Å². The Bertz CT molecular complexity index is 377. The number of fused-ring (bicyclic) bond motifs is 1. The first kappa shape index (κ1) is 15.7. The summed E-state index contributed by atoms with van der Waals surface area (Å²) in [5.74, 6) is -0.530. The standard InChI is InChI=1S/C16H26O4/c1-6-7-8-12(17)14-15-13(19-16(4,5)20-15)11(9-18-14)10(2)3/h6,11-15,17H,1-2,7-9H2,3-5H3/t11-,12+,13-,14+,15-/m0/s1. The quantitative estimate of drug-likeness (QED) is 0.787. The van der Waals surface area contributed by atoms with E-state index in [-0.39, 0.29) is 24.2 Å². The topological polar surface area (TPSA) is 47.9 Å². The van der Waals surface area contributed by atoms with Crippen molar-refractivity contribution in [2.45, 2.75) is 63.8 Å². The van der Waals surface area contributed by atoms with Gasteiger partial charge < -0.3 is 19.3 Å². The van der Waals surface area contributed by atoms with Crippen molar-refractivity contribution < 1.29 is 19.3 Å². The molecule has 2 rings (SSSR count). The number of rotatable bonds is 5. The fourth-order valence-corrected chi connectivity index (χ4v) is 2.99. The molecular formula is C16H26O4. The molecule has 0 saturated carbocycles. The van der Waals surface area contributed by atoms with Crippen molar-refractivity contribution in [2.75, 3.05) is 6.61 Å². The van der Waals surface area contributed by atoms with E-state index >= 15 is 0 Å². The minimum atomic E-state index is -0.646. The molecule has 4 heteroatoms. The Morgan fingerprint density at radius 2 is 2.05 bits per heavy atom. The summed E-state index contributed by atoms with van der Waals surface area (Å²) < 4.78 is 17.9. The van der Waals surface area contributed by atoms with Gasteiger partial charge in [-0.2, -0.15) is 0 Å². The lowest BCUT2D eigenvalue weighted by Gasteiger charge is -2.39. The molecule has 114 valence electrons. The van der Waals surface area contributed by atoms with Crippen molar-refractivity contribution in [2.24, 2.45) is 5.92 Å². The van der Waals surface area contributed by atoms with Crippen LogP contribution in [-0.2, 0) is 14.2 Å². The highest BCUT2D eigenvalue weighted by Gasteiger charge is 2.53. The average Bonchev–Trinajstić information content (AvgIpc) is 2.68. The van der Waals surface area contributed by atoms with Crippen LogP contribution >= 0.6 is 0 Å². The van der Waals surface area contributed by atoms with E-state index in [2.05, 4.69) is 13.2 Å². The minimum Gasteiger partial charge on any atom is -0.390 e. The molecule has 2 aliphatic heterocycles. The van der Waals surface area contributed by atoms with Crippen molar-refractivity contribution in [3.05, 3.63) is 24.8 Å².